The Morgan fingerprint density at radius 2 is 1.76 bits per heavy atom. The minimum absolute atomic E-state index is 0.146. The van der Waals surface area contributed by atoms with Gasteiger partial charge in [-0.15, -0.1) is 21.5 Å². The van der Waals surface area contributed by atoms with Gasteiger partial charge in [0.05, 0.1) is 6.54 Å². The van der Waals surface area contributed by atoms with Crippen LogP contribution in [0.2, 0.25) is 0 Å². The van der Waals surface area contributed by atoms with Gasteiger partial charge in [-0.2, -0.15) is 0 Å². The lowest BCUT2D eigenvalue weighted by Gasteiger charge is -2.19. The van der Waals surface area contributed by atoms with Crippen LogP contribution >= 0.6 is 11.3 Å². The molecule has 1 rings (SSSR count). The van der Waals surface area contributed by atoms with Gasteiger partial charge in [0.15, 0.2) is 0 Å². The van der Waals surface area contributed by atoms with Crippen LogP contribution in [0.25, 0.3) is 0 Å². The summed E-state index contributed by atoms with van der Waals surface area (Å²) in [6, 6.07) is 0. The number of nitrogens with zero attached hydrogens (tertiary/aromatic N) is 2. The molecular formula is C13H25N3S. The molecule has 1 aromatic heterocycles. The van der Waals surface area contributed by atoms with Crippen molar-refractivity contribution in [2.45, 2.75) is 71.9 Å². The Hall–Kier alpha value is -0.480. The number of aryl methyl sites for hydroxylation is 1. The summed E-state index contributed by atoms with van der Waals surface area (Å²) >= 11 is 1.75. The van der Waals surface area contributed by atoms with E-state index in [9.17, 15) is 0 Å². The van der Waals surface area contributed by atoms with Gasteiger partial charge in [-0.25, -0.2) is 0 Å². The normalized spacial score (nSPS) is 12.0. The van der Waals surface area contributed by atoms with Crippen molar-refractivity contribution >= 4 is 11.3 Å². The van der Waals surface area contributed by atoms with Crippen molar-refractivity contribution in [3.63, 3.8) is 0 Å². The van der Waals surface area contributed by atoms with E-state index < -0.39 is 0 Å². The summed E-state index contributed by atoms with van der Waals surface area (Å²) < 4.78 is 0. The molecular weight excluding hydrogens is 230 g/mol. The van der Waals surface area contributed by atoms with Crippen LogP contribution in [-0.4, -0.2) is 15.7 Å². The standard InChI is InChI=1S/C13H25N3S/c1-5-6-7-8-9-11-15-16-12(17-11)10-14-13(2,3)4/h14H,5-10H2,1-4H3. The molecule has 17 heavy (non-hydrogen) atoms. The highest BCUT2D eigenvalue weighted by atomic mass is 32.1. The van der Waals surface area contributed by atoms with E-state index in [0.29, 0.717) is 0 Å². The van der Waals surface area contributed by atoms with Crippen LogP contribution in [-0.2, 0) is 13.0 Å². The molecule has 0 spiro atoms. The van der Waals surface area contributed by atoms with E-state index in [1.54, 1.807) is 11.3 Å². The lowest BCUT2D eigenvalue weighted by Crippen LogP contribution is -2.35. The molecule has 1 aromatic rings. The maximum absolute atomic E-state index is 4.24. The molecule has 1 N–H and O–H groups in total. The summed E-state index contributed by atoms with van der Waals surface area (Å²) in [6.07, 6.45) is 6.27. The molecule has 4 heteroatoms. The van der Waals surface area contributed by atoms with E-state index in [2.05, 4.69) is 43.2 Å². The highest BCUT2D eigenvalue weighted by Crippen LogP contribution is 2.14. The quantitative estimate of drug-likeness (QED) is 0.757. The summed E-state index contributed by atoms with van der Waals surface area (Å²) in [6.45, 7) is 9.57. The van der Waals surface area contributed by atoms with Gasteiger partial charge < -0.3 is 5.32 Å². The Morgan fingerprint density at radius 3 is 2.41 bits per heavy atom. The minimum Gasteiger partial charge on any atom is -0.306 e. The van der Waals surface area contributed by atoms with Crippen molar-refractivity contribution in [3.8, 4) is 0 Å². The number of nitrogens with one attached hydrogen (secondary N) is 1. The van der Waals surface area contributed by atoms with Crippen LogP contribution in [0.1, 0.15) is 63.4 Å². The molecule has 1 heterocycles. The van der Waals surface area contributed by atoms with Crippen LogP contribution in [0, 0.1) is 0 Å². The zero-order chi connectivity index (χ0) is 12.7. The van der Waals surface area contributed by atoms with Gasteiger partial charge in [0, 0.05) is 12.0 Å². The number of aromatic nitrogens is 2. The molecule has 0 bridgehead atoms. The molecule has 98 valence electrons. The third-order valence-corrected chi connectivity index (χ3v) is 3.51. The Labute approximate surface area is 109 Å². The number of rotatable bonds is 7. The fraction of sp³-hybridized carbons (Fsp3) is 0.846. The molecule has 0 aliphatic carbocycles. The maximum Gasteiger partial charge on any atom is 0.131 e. The third-order valence-electron chi connectivity index (χ3n) is 2.52. The van der Waals surface area contributed by atoms with Crippen molar-refractivity contribution < 1.29 is 0 Å². The third kappa shape index (κ3) is 6.74. The molecule has 0 saturated carbocycles. The molecule has 0 aromatic carbocycles. The molecule has 0 amide bonds. The second kappa shape index (κ2) is 7.07. The van der Waals surface area contributed by atoms with Gasteiger partial charge in [0.1, 0.15) is 10.0 Å². The lowest BCUT2D eigenvalue weighted by atomic mass is 10.1. The van der Waals surface area contributed by atoms with Crippen LogP contribution < -0.4 is 5.32 Å². The highest BCUT2D eigenvalue weighted by Gasteiger charge is 2.10. The predicted octanol–water partition coefficient (Wildman–Crippen LogP) is 3.55. The first kappa shape index (κ1) is 14.6. The zero-order valence-corrected chi connectivity index (χ0v) is 12.4. The Kier molecular flexibility index (Phi) is 6.06. The minimum atomic E-state index is 0.146. The van der Waals surface area contributed by atoms with Crippen LogP contribution in [0.15, 0.2) is 0 Å². The van der Waals surface area contributed by atoms with Crippen molar-refractivity contribution in [1.29, 1.82) is 0 Å². The smallest absolute Gasteiger partial charge is 0.131 e. The largest absolute Gasteiger partial charge is 0.306 e. The molecule has 0 saturated heterocycles. The summed E-state index contributed by atoms with van der Waals surface area (Å²) in [7, 11) is 0. The number of hydrogen-bond acceptors (Lipinski definition) is 4. The predicted molar refractivity (Wildman–Crippen MR) is 74.3 cm³/mol. The molecule has 0 aliphatic heterocycles. The Balaban J connectivity index is 2.28. The average molecular weight is 255 g/mol. The van der Waals surface area contributed by atoms with E-state index in [0.717, 1.165) is 18.0 Å². The van der Waals surface area contributed by atoms with Crippen molar-refractivity contribution in [1.82, 2.24) is 15.5 Å². The van der Waals surface area contributed by atoms with E-state index in [1.807, 2.05) is 0 Å². The van der Waals surface area contributed by atoms with E-state index in [1.165, 1.54) is 30.7 Å². The van der Waals surface area contributed by atoms with Gasteiger partial charge in [-0.1, -0.05) is 26.2 Å². The first-order valence-corrected chi connectivity index (χ1v) is 7.39. The van der Waals surface area contributed by atoms with Crippen LogP contribution in [0.5, 0.6) is 0 Å². The van der Waals surface area contributed by atoms with E-state index in [-0.39, 0.29) is 5.54 Å². The van der Waals surface area contributed by atoms with Crippen LogP contribution in [0.3, 0.4) is 0 Å². The van der Waals surface area contributed by atoms with Gasteiger partial charge in [-0.3, -0.25) is 0 Å². The monoisotopic (exact) mass is 255 g/mol. The molecule has 0 atom stereocenters. The van der Waals surface area contributed by atoms with Gasteiger partial charge >= 0.3 is 0 Å². The van der Waals surface area contributed by atoms with E-state index in [4.69, 9.17) is 0 Å². The highest BCUT2D eigenvalue weighted by molar-refractivity contribution is 7.11. The second-order valence-electron chi connectivity index (χ2n) is 5.50. The van der Waals surface area contributed by atoms with Gasteiger partial charge in [0.2, 0.25) is 0 Å². The fourth-order valence-electron chi connectivity index (χ4n) is 1.50. The van der Waals surface area contributed by atoms with Crippen molar-refractivity contribution in [3.05, 3.63) is 10.0 Å². The Bertz CT molecular complexity index is 315. The van der Waals surface area contributed by atoms with E-state index >= 15 is 0 Å². The summed E-state index contributed by atoms with van der Waals surface area (Å²) in [5.41, 5.74) is 0.146. The molecule has 0 radical (unpaired) electrons. The topological polar surface area (TPSA) is 37.8 Å². The summed E-state index contributed by atoms with van der Waals surface area (Å²) in [5, 5.41) is 14.2. The van der Waals surface area contributed by atoms with Gasteiger partial charge in [-0.05, 0) is 27.2 Å². The first-order chi connectivity index (χ1) is 8.01. The maximum atomic E-state index is 4.24. The second-order valence-corrected chi connectivity index (χ2v) is 6.65. The molecule has 0 unspecified atom stereocenters. The number of unbranched alkanes of at least 4 members (excludes halogenated alkanes) is 3. The lowest BCUT2D eigenvalue weighted by molar-refractivity contribution is 0.423. The Morgan fingerprint density at radius 1 is 1.06 bits per heavy atom. The van der Waals surface area contributed by atoms with Gasteiger partial charge in [0.25, 0.3) is 0 Å². The molecule has 0 fully saturated rings. The average Bonchev–Trinajstić information content (AvgIpc) is 2.69. The van der Waals surface area contributed by atoms with Crippen molar-refractivity contribution in [2.24, 2.45) is 0 Å². The zero-order valence-electron chi connectivity index (χ0n) is 11.5. The van der Waals surface area contributed by atoms with Crippen molar-refractivity contribution in [2.75, 3.05) is 0 Å². The number of hydrogen-bond donors (Lipinski definition) is 1. The first-order valence-electron chi connectivity index (χ1n) is 6.57. The fourth-order valence-corrected chi connectivity index (χ4v) is 2.33. The summed E-state index contributed by atoms with van der Waals surface area (Å²) in [5.74, 6) is 0. The molecule has 0 aliphatic rings. The van der Waals surface area contributed by atoms with Crippen LogP contribution in [0.4, 0.5) is 0 Å². The summed E-state index contributed by atoms with van der Waals surface area (Å²) in [4.78, 5) is 0. The SMILES string of the molecule is CCCCCCc1nnc(CNC(C)(C)C)s1. The molecule has 3 nitrogen and oxygen atoms in total.